The second-order valence-corrected chi connectivity index (χ2v) is 3.90. The predicted molar refractivity (Wildman–Crippen MR) is 66.7 cm³/mol. The summed E-state index contributed by atoms with van der Waals surface area (Å²) in [6.45, 7) is 1.98. The molecule has 0 aliphatic rings. The monoisotopic (exact) mass is 240 g/mol. The van der Waals surface area contributed by atoms with Crippen molar-refractivity contribution in [3.63, 3.8) is 0 Å². The molecular weight excluding hydrogens is 228 g/mol. The molecular formula is C13H12N4O. The van der Waals surface area contributed by atoms with Gasteiger partial charge in [-0.2, -0.15) is 10.1 Å². The zero-order valence-electron chi connectivity index (χ0n) is 9.92. The molecule has 0 atom stereocenters. The second-order valence-electron chi connectivity index (χ2n) is 3.90. The topological polar surface area (TPSA) is 67.6 Å². The summed E-state index contributed by atoms with van der Waals surface area (Å²) < 4.78 is 5.16. The highest BCUT2D eigenvalue weighted by Crippen LogP contribution is 2.22. The Labute approximate surface area is 104 Å². The fourth-order valence-electron chi connectivity index (χ4n) is 1.70. The lowest BCUT2D eigenvalue weighted by molar-refractivity contribution is 0.422. The fourth-order valence-corrected chi connectivity index (χ4v) is 1.70. The Morgan fingerprint density at radius 3 is 2.78 bits per heavy atom. The molecule has 18 heavy (non-hydrogen) atoms. The minimum atomic E-state index is 0.474. The predicted octanol–water partition coefficient (Wildman–Crippen LogP) is 2.69. The summed E-state index contributed by atoms with van der Waals surface area (Å²) in [6, 6.07) is 11.8. The van der Waals surface area contributed by atoms with Crippen molar-refractivity contribution in [1.29, 1.82) is 0 Å². The molecule has 2 heterocycles. The quantitative estimate of drug-likeness (QED) is 0.764. The van der Waals surface area contributed by atoms with Crippen LogP contribution in [0.25, 0.3) is 22.8 Å². The highest BCUT2D eigenvalue weighted by molar-refractivity contribution is 5.64. The first-order valence-electron chi connectivity index (χ1n) is 5.80. The van der Waals surface area contributed by atoms with Gasteiger partial charge in [-0.05, 0) is 6.07 Å². The maximum Gasteiger partial charge on any atom is 0.275 e. The van der Waals surface area contributed by atoms with Gasteiger partial charge in [0.1, 0.15) is 5.69 Å². The van der Waals surface area contributed by atoms with E-state index in [-0.39, 0.29) is 0 Å². The molecule has 0 radical (unpaired) electrons. The highest BCUT2D eigenvalue weighted by Gasteiger charge is 2.11. The van der Waals surface area contributed by atoms with Crippen LogP contribution < -0.4 is 0 Å². The van der Waals surface area contributed by atoms with Gasteiger partial charge in [-0.3, -0.25) is 5.10 Å². The first kappa shape index (κ1) is 10.7. The molecule has 0 amide bonds. The number of nitrogens with one attached hydrogen (secondary N) is 1. The van der Waals surface area contributed by atoms with Crippen molar-refractivity contribution in [2.75, 3.05) is 0 Å². The third-order valence-electron chi connectivity index (χ3n) is 2.66. The minimum Gasteiger partial charge on any atom is -0.332 e. The van der Waals surface area contributed by atoms with Crippen LogP contribution in [0, 0.1) is 0 Å². The van der Waals surface area contributed by atoms with Crippen molar-refractivity contribution in [1.82, 2.24) is 20.3 Å². The number of aryl methyl sites for hydroxylation is 1. The first-order valence-corrected chi connectivity index (χ1v) is 5.80. The summed E-state index contributed by atoms with van der Waals surface area (Å²) in [4.78, 5) is 4.26. The molecule has 5 heteroatoms. The SMILES string of the molecule is CCc1noc(-c2cc(-c3ccccc3)n[nH]2)n1. The Morgan fingerprint density at radius 1 is 1.22 bits per heavy atom. The van der Waals surface area contributed by atoms with Gasteiger partial charge in [-0.15, -0.1) is 0 Å². The van der Waals surface area contributed by atoms with Crippen LogP contribution in [-0.4, -0.2) is 20.3 Å². The lowest BCUT2D eigenvalue weighted by atomic mass is 10.1. The molecule has 0 saturated carbocycles. The average Bonchev–Trinajstić information content (AvgIpc) is 3.08. The van der Waals surface area contributed by atoms with Crippen molar-refractivity contribution in [3.05, 3.63) is 42.2 Å². The summed E-state index contributed by atoms with van der Waals surface area (Å²) in [7, 11) is 0. The molecule has 3 aromatic rings. The summed E-state index contributed by atoms with van der Waals surface area (Å²) >= 11 is 0. The van der Waals surface area contributed by atoms with E-state index >= 15 is 0 Å². The van der Waals surface area contributed by atoms with E-state index in [2.05, 4.69) is 20.3 Å². The number of benzene rings is 1. The smallest absolute Gasteiger partial charge is 0.275 e. The van der Waals surface area contributed by atoms with Crippen molar-refractivity contribution < 1.29 is 4.52 Å². The van der Waals surface area contributed by atoms with Gasteiger partial charge in [0.15, 0.2) is 5.82 Å². The number of rotatable bonds is 3. The summed E-state index contributed by atoms with van der Waals surface area (Å²) in [5, 5.41) is 11.0. The van der Waals surface area contributed by atoms with Gasteiger partial charge in [-0.1, -0.05) is 42.4 Å². The van der Waals surface area contributed by atoms with Gasteiger partial charge in [0, 0.05) is 12.0 Å². The summed E-state index contributed by atoms with van der Waals surface area (Å²) in [6.07, 6.45) is 0.753. The standard InChI is InChI=1S/C13H12N4O/c1-2-12-14-13(18-17-12)11-8-10(15-16-11)9-6-4-3-5-7-9/h3-8H,2H2,1H3,(H,15,16). The molecule has 0 saturated heterocycles. The molecule has 5 nitrogen and oxygen atoms in total. The van der Waals surface area contributed by atoms with Crippen LogP contribution in [0.1, 0.15) is 12.7 Å². The minimum absolute atomic E-state index is 0.474. The van der Waals surface area contributed by atoms with Gasteiger partial charge in [0.25, 0.3) is 5.89 Å². The Balaban J connectivity index is 1.94. The Morgan fingerprint density at radius 2 is 2.06 bits per heavy atom. The Kier molecular flexibility index (Phi) is 2.64. The second kappa shape index (κ2) is 4.44. The lowest BCUT2D eigenvalue weighted by Gasteiger charge is -1.92. The van der Waals surface area contributed by atoms with E-state index in [0.29, 0.717) is 11.7 Å². The first-order chi connectivity index (χ1) is 8.86. The van der Waals surface area contributed by atoms with Gasteiger partial charge in [0.2, 0.25) is 0 Å². The molecule has 0 spiro atoms. The maximum absolute atomic E-state index is 5.16. The fraction of sp³-hybridized carbons (Fsp3) is 0.154. The number of aromatic nitrogens is 4. The van der Waals surface area contributed by atoms with E-state index in [4.69, 9.17) is 4.52 Å². The molecule has 3 rings (SSSR count). The summed E-state index contributed by atoms with van der Waals surface area (Å²) in [5.41, 5.74) is 2.65. The van der Waals surface area contributed by atoms with Crippen LogP contribution in [0.3, 0.4) is 0 Å². The third kappa shape index (κ3) is 1.90. The molecule has 90 valence electrons. The van der Waals surface area contributed by atoms with Crippen molar-refractivity contribution in [2.45, 2.75) is 13.3 Å². The Bertz CT molecular complexity index is 642. The van der Waals surface area contributed by atoms with E-state index in [0.717, 1.165) is 23.4 Å². The van der Waals surface area contributed by atoms with E-state index in [1.54, 1.807) is 0 Å². The van der Waals surface area contributed by atoms with Gasteiger partial charge in [0.05, 0.1) is 5.69 Å². The molecule has 0 fully saturated rings. The molecule has 2 aromatic heterocycles. The van der Waals surface area contributed by atoms with Crippen molar-refractivity contribution >= 4 is 0 Å². The molecule has 0 unspecified atom stereocenters. The average molecular weight is 240 g/mol. The van der Waals surface area contributed by atoms with Crippen LogP contribution in [0.5, 0.6) is 0 Å². The molecule has 1 N–H and O–H groups in total. The number of hydrogen-bond acceptors (Lipinski definition) is 4. The number of aromatic amines is 1. The zero-order valence-corrected chi connectivity index (χ0v) is 9.92. The van der Waals surface area contributed by atoms with E-state index in [1.807, 2.05) is 43.3 Å². The van der Waals surface area contributed by atoms with Crippen LogP contribution >= 0.6 is 0 Å². The molecule has 0 aliphatic heterocycles. The molecule has 1 aromatic carbocycles. The number of nitrogens with zero attached hydrogens (tertiary/aromatic N) is 3. The lowest BCUT2D eigenvalue weighted by Crippen LogP contribution is -1.82. The van der Waals surface area contributed by atoms with Gasteiger partial charge in [-0.25, -0.2) is 0 Å². The van der Waals surface area contributed by atoms with Crippen molar-refractivity contribution in [3.8, 4) is 22.8 Å². The van der Waals surface area contributed by atoms with E-state index in [9.17, 15) is 0 Å². The van der Waals surface area contributed by atoms with Crippen molar-refractivity contribution in [2.24, 2.45) is 0 Å². The zero-order chi connectivity index (χ0) is 12.4. The van der Waals surface area contributed by atoms with Crippen LogP contribution in [0.4, 0.5) is 0 Å². The van der Waals surface area contributed by atoms with E-state index in [1.165, 1.54) is 0 Å². The largest absolute Gasteiger partial charge is 0.332 e. The van der Waals surface area contributed by atoms with Crippen LogP contribution in [0.2, 0.25) is 0 Å². The van der Waals surface area contributed by atoms with Crippen LogP contribution in [0.15, 0.2) is 40.9 Å². The van der Waals surface area contributed by atoms with Gasteiger partial charge >= 0.3 is 0 Å². The molecule has 0 aliphatic carbocycles. The van der Waals surface area contributed by atoms with Crippen LogP contribution in [-0.2, 0) is 6.42 Å². The number of hydrogen-bond donors (Lipinski definition) is 1. The Hall–Kier alpha value is -2.43. The normalized spacial score (nSPS) is 10.7. The summed E-state index contributed by atoms with van der Waals surface area (Å²) in [5.74, 6) is 1.17. The third-order valence-corrected chi connectivity index (χ3v) is 2.66. The number of H-pyrrole nitrogens is 1. The molecule has 0 bridgehead atoms. The van der Waals surface area contributed by atoms with Gasteiger partial charge < -0.3 is 4.52 Å². The maximum atomic E-state index is 5.16. The highest BCUT2D eigenvalue weighted by atomic mass is 16.5. The van der Waals surface area contributed by atoms with E-state index < -0.39 is 0 Å².